The number of alkyl halides is 1. The molecule has 1 aromatic heterocycles. The van der Waals surface area contributed by atoms with E-state index in [2.05, 4.69) is 57.0 Å². The minimum absolute atomic E-state index is 0.118. The van der Waals surface area contributed by atoms with Crippen LogP contribution in [0.2, 0.25) is 0 Å². The third-order valence-corrected chi connectivity index (χ3v) is 6.86. The number of fused-ring (bicyclic) bond motifs is 4. The number of carbonyl (C=O) groups excluding carboxylic acids is 1. The van der Waals surface area contributed by atoms with Crippen molar-refractivity contribution in [2.45, 2.75) is 36.6 Å². The second-order valence-electron chi connectivity index (χ2n) is 8.38. The normalized spacial score (nSPS) is 29.2. The summed E-state index contributed by atoms with van der Waals surface area (Å²) in [6.07, 6.45) is 13.9. The van der Waals surface area contributed by atoms with E-state index in [1.807, 2.05) is 29.8 Å². The first kappa shape index (κ1) is 17.9. The fourth-order valence-corrected chi connectivity index (χ4v) is 5.47. The van der Waals surface area contributed by atoms with E-state index in [0.29, 0.717) is 5.92 Å². The predicted octanol–water partition coefficient (Wildman–Crippen LogP) is 4.77. The standard InChI is InChI=1S/C23H24BrN3O/c1-23(24)9-3-5-17-16(13-23)12-21-18(17)6-4-10-27(21)22(28)15-7-8-20-19(11-15)25-14-26(20)2/h3,5,7-9,11,13-14,18,21H,4,6,10,12H2,1-2H3. The van der Waals surface area contributed by atoms with Crippen molar-refractivity contribution < 1.29 is 4.79 Å². The molecule has 2 aromatic rings. The third kappa shape index (κ3) is 2.87. The molecule has 0 spiro atoms. The zero-order valence-electron chi connectivity index (χ0n) is 16.2. The lowest BCUT2D eigenvalue weighted by atomic mass is 9.88. The van der Waals surface area contributed by atoms with Crippen LogP contribution in [0.5, 0.6) is 0 Å². The number of allylic oxidation sites excluding steroid dienone is 4. The average Bonchev–Trinajstić information content (AvgIpc) is 3.16. The van der Waals surface area contributed by atoms with Crippen molar-refractivity contribution in [3.05, 3.63) is 65.5 Å². The zero-order chi connectivity index (χ0) is 19.5. The van der Waals surface area contributed by atoms with Crippen LogP contribution in [-0.4, -0.2) is 37.3 Å². The topological polar surface area (TPSA) is 38.1 Å². The van der Waals surface area contributed by atoms with Gasteiger partial charge >= 0.3 is 0 Å². The number of hydrogen-bond acceptors (Lipinski definition) is 2. The minimum Gasteiger partial charge on any atom is -0.335 e. The number of nitrogens with zero attached hydrogens (tertiary/aromatic N) is 3. The van der Waals surface area contributed by atoms with Crippen LogP contribution in [0, 0.1) is 5.92 Å². The highest BCUT2D eigenvalue weighted by atomic mass is 79.9. The van der Waals surface area contributed by atoms with E-state index in [1.165, 1.54) is 11.1 Å². The summed E-state index contributed by atoms with van der Waals surface area (Å²) >= 11 is 3.80. The Hall–Kier alpha value is -2.14. The monoisotopic (exact) mass is 437 g/mol. The minimum atomic E-state index is -0.118. The van der Waals surface area contributed by atoms with E-state index in [4.69, 9.17) is 0 Å². The van der Waals surface area contributed by atoms with Gasteiger partial charge in [-0.15, -0.1) is 0 Å². The van der Waals surface area contributed by atoms with Gasteiger partial charge in [-0.25, -0.2) is 4.98 Å². The van der Waals surface area contributed by atoms with E-state index >= 15 is 0 Å². The maximum Gasteiger partial charge on any atom is 0.254 e. The molecule has 3 aliphatic rings. The zero-order valence-corrected chi connectivity index (χ0v) is 17.8. The van der Waals surface area contributed by atoms with Gasteiger partial charge in [0.15, 0.2) is 0 Å². The second-order valence-corrected chi connectivity index (χ2v) is 10.1. The molecule has 2 heterocycles. The molecule has 1 aromatic carbocycles. The van der Waals surface area contributed by atoms with Crippen molar-refractivity contribution in [3.63, 3.8) is 0 Å². The summed E-state index contributed by atoms with van der Waals surface area (Å²) in [7, 11) is 1.97. The molecule has 28 heavy (non-hydrogen) atoms. The Labute approximate surface area is 173 Å². The van der Waals surface area contributed by atoms with Crippen molar-refractivity contribution in [3.8, 4) is 0 Å². The molecular formula is C23H24BrN3O. The Balaban J connectivity index is 1.48. The number of halogens is 1. The number of likely N-dealkylation sites (tertiary alicyclic amines) is 1. The predicted molar refractivity (Wildman–Crippen MR) is 116 cm³/mol. The van der Waals surface area contributed by atoms with Gasteiger partial charge in [-0.1, -0.05) is 40.2 Å². The highest BCUT2D eigenvalue weighted by Gasteiger charge is 2.43. The van der Waals surface area contributed by atoms with Gasteiger partial charge in [-0.3, -0.25) is 4.79 Å². The smallest absolute Gasteiger partial charge is 0.254 e. The molecule has 2 aliphatic carbocycles. The maximum atomic E-state index is 13.4. The molecule has 0 bridgehead atoms. The summed E-state index contributed by atoms with van der Waals surface area (Å²) in [5.74, 6) is 0.575. The first-order valence-corrected chi connectivity index (χ1v) is 10.7. The number of benzene rings is 1. The van der Waals surface area contributed by atoms with Crippen molar-refractivity contribution in [1.82, 2.24) is 14.5 Å². The Morgan fingerprint density at radius 1 is 1.36 bits per heavy atom. The molecule has 1 saturated carbocycles. The van der Waals surface area contributed by atoms with Gasteiger partial charge in [0.2, 0.25) is 0 Å². The van der Waals surface area contributed by atoms with Crippen LogP contribution in [0.4, 0.5) is 0 Å². The van der Waals surface area contributed by atoms with Crippen LogP contribution >= 0.6 is 15.9 Å². The number of aryl methyl sites for hydroxylation is 1. The second kappa shape index (κ2) is 6.45. The first-order valence-electron chi connectivity index (χ1n) is 9.95. The Kier molecular flexibility index (Phi) is 4.13. The van der Waals surface area contributed by atoms with E-state index < -0.39 is 0 Å². The first-order chi connectivity index (χ1) is 13.4. The van der Waals surface area contributed by atoms with Crippen molar-refractivity contribution >= 4 is 32.9 Å². The Morgan fingerprint density at radius 2 is 2.21 bits per heavy atom. The van der Waals surface area contributed by atoms with Gasteiger partial charge in [-0.2, -0.15) is 0 Å². The lowest BCUT2D eigenvalue weighted by Crippen LogP contribution is -2.46. The molecule has 5 heteroatoms. The van der Waals surface area contributed by atoms with Gasteiger partial charge in [0.25, 0.3) is 5.91 Å². The lowest BCUT2D eigenvalue weighted by molar-refractivity contribution is 0.0572. The Bertz CT molecular complexity index is 1060. The van der Waals surface area contributed by atoms with Crippen LogP contribution in [0.15, 0.2) is 60.0 Å². The van der Waals surface area contributed by atoms with Gasteiger partial charge in [0.05, 0.1) is 21.7 Å². The summed E-state index contributed by atoms with van der Waals surface area (Å²) in [4.78, 5) is 20.0. The summed E-state index contributed by atoms with van der Waals surface area (Å²) in [5.41, 5.74) is 5.48. The highest BCUT2D eigenvalue weighted by molar-refractivity contribution is 9.10. The van der Waals surface area contributed by atoms with Gasteiger partial charge in [0, 0.05) is 31.1 Å². The fourth-order valence-electron chi connectivity index (χ4n) is 5.04. The van der Waals surface area contributed by atoms with Crippen LogP contribution < -0.4 is 0 Å². The molecule has 3 unspecified atom stereocenters. The molecule has 1 amide bonds. The summed E-state index contributed by atoms with van der Waals surface area (Å²) in [6, 6.07) is 6.14. The third-order valence-electron chi connectivity index (χ3n) is 6.37. The fraction of sp³-hybridized carbons (Fsp3) is 0.391. The molecule has 144 valence electrons. The quantitative estimate of drug-likeness (QED) is 0.602. The molecule has 1 saturated heterocycles. The number of imidazole rings is 1. The van der Waals surface area contributed by atoms with E-state index in [1.54, 1.807) is 6.33 Å². The molecule has 1 aliphatic heterocycles. The molecule has 4 nitrogen and oxygen atoms in total. The number of hydrogen-bond donors (Lipinski definition) is 0. The Morgan fingerprint density at radius 3 is 3.07 bits per heavy atom. The summed E-state index contributed by atoms with van der Waals surface area (Å²) < 4.78 is 1.86. The van der Waals surface area contributed by atoms with Crippen molar-refractivity contribution in [2.75, 3.05) is 6.54 Å². The lowest BCUT2D eigenvalue weighted by Gasteiger charge is -2.38. The average molecular weight is 438 g/mol. The molecule has 3 atom stereocenters. The number of carbonyl (C=O) groups is 1. The van der Waals surface area contributed by atoms with E-state index in [9.17, 15) is 4.79 Å². The summed E-state index contributed by atoms with van der Waals surface area (Å²) in [6.45, 7) is 3.00. The number of amides is 1. The largest absolute Gasteiger partial charge is 0.335 e. The van der Waals surface area contributed by atoms with E-state index in [0.717, 1.165) is 42.4 Å². The molecular weight excluding hydrogens is 414 g/mol. The number of piperidine rings is 1. The van der Waals surface area contributed by atoms with Crippen molar-refractivity contribution in [1.29, 1.82) is 0 Å². The van der Waals surface area contributed by atoms with Crippen LogP contribution in [-0.2, 0) is 7.05 Å². The van der Waals surface area contributed by atoms with Gasteiger partial charge < -0.3 is 9.47 Å². The number of rotatable bonds is 1. The number of aromatic nitrogens is 2. The van der Waals surface area contributed by atoms with Crippen LogP contribution in [0.25, 0.3) is 11.0 Å². The van der Waals surface area contributed by atoms with Crippen LogP contribution in [0.3, 0.4) is 0 Å². The molecule has 2 fully saturated rings. The van der Waals surface area contributed by atoms with E-state index in [-0.39, 0.29) is 16.3 Å². The van der Waals surface area contributed by atoms with Gasteiger partial charge in [0.1, 0.15) is 0 Å². The maximum absolute atomic E-state index is 13.4. The molecule has 0 N–H and O–H groups in total. The molecule has 0 radical (unpaired) electrons. The van der Waals surface area contributed by atoms with Gasteiger partial charge in [-0.05, 0) is 55.5 Å². The van der Waals surface area contributed by atoms with Crippen molar-refractivity contribution in [2.24, 2.45) is 13.0 Å². The highest BCUT2D eigenvalue weighted by Crippen LogP contribution is 2.46. The SMILES string of the molecule is Cn1cnc2cc(C(=O)N3CCCC4C5=CC=CC(C)(Br)C=C5CC43)ccc21. The van der Waals surface area contributed by atoms with Crippen LogP contribution in [0.1, 0.15) is 36.5 Å². The summed E-state index contributed by atoms with van der Waals surface area (Å²) in [5, 5.41) is 0. The molecule has 5 rings (SSSR count).